The van der Waals surface area contributed by atoms with E-state index in [9.17, 15) is 9.90 Å². The molecule has 0 amide bonds. The zero-order valence-electron chi connectivity index (χ0n) is 12.3. The second-order valence-electron chi connectivity index (χ2n) is 5.53. The van der Waals surface area contributed by atoms with Crippen LogP contribution in [0.15, 0.2) is 78.9 Å². The van der Waals surface area contributed by atoms with Gasteiger partial charge in [-0.2, -0.15) is 0 Å². The van der Waals surface area contributed by atoms with Gasteiger partial charge in [0, 0.05) is 5.56 Å². The highest BCUT2D eigenvalue weighted by molar-refractivity contribution is 5.99. The molecule has 0 aliphatic carbocycles. The molecule has 0 bridgehead atoms. The summed E-state index contributed by atoms with van der Waals surface area (Å²) < 4.78 is 5.47. The molecule has 0 spiro atoms. The van der Waals surface area contributed by atoms with Gasteiger partial charge in [0.25, 0.3) is 0 Å². The molecule has 1 N–H and O–H groups in total. The average Bonchev–Trinajstić information content (AvgIpc) is 2.91. The third-order valence-corrected chi connectivity index (χ3v) is 4.31. The molecule has 0 atom stereocenters. The maximum atomic E-state index is 13.0. The molecule has 0 saturated heterocycles. The highest BCUT2D eigenvalue weighted by Crippen LogP contribution is 2.51. The van der Waals surface area contributed by atoms with E-state index in [1.807, 2.05) is 66.7 Å². The van der Waals surface area contributed by atoms with E-state index in [1.165, 1.54) is 6.07 Å². The van der Waals surface area contributed by atoms with Crippen LogP contribution in [0.25, 0.3) is 0 Å². The summed E-state index contributed by atoms with van der Waals surface area (Å²) in [5.41, 5.74) is 1.25. The van der Waals surface area contributed by atoms with Crippen LogP contribution < -0.4 is 4.74 Å². The third-order valence-electron chi connectivity index (χ3n) is 4.31. The van der Waals surface area contributed by atoms with Crippen molar-refractivity contribution >= 4 is 5.97 Å². The number of carbonyl (C=O) groups excluding carboxylic acids is 1. The molecule has 0 saturated carbocycles. The zero-order chi connectivity index (χ0) is 15.9. The molecular formula is C20H14O3. The van der Waals surface area contributed by atoms with E-state index in [0.29, 0.717) is 5.56 Å². The van der Waals surface area contributed by atoms with Gasteiger partial charge in [-0.1, -0.05) is 72.8 Å². The monoisotopic (exact) mass is 302 g/mol. The van der Waals surface area contributed by atoms with Gasteiger partial charge in [-0.3, -0.25) is 0 Å². The second kappa shape index (κ2) is 4.99. The Kier molecular flexibility index (Phi) is 2.95. The molecule has 3 heteroatoms. The topological polar surface area (TPSA) is 46.5 Å². The fraction of sp³-hybridized carbons (Fsp3) is 0.0500. The molecule has 1 aliphatic heterocycles. The van der Waals surface area contributed by atoms with Gasteiger partial charge in [0.2, 0.25) is 0 Å². The van der Waals surface area contributed by atoms with Gasteiger partial charge in [-0.05, 0) is 17.2 Å². The first-order valence-electron chi connectivity index (χ1n) is 7.40. The molecule has 0 radical (unpaired) electrons. The maximum absolute atomic E-state index is 13.0. The van der Waals surface area contributed by atoms with Gasteiger partial charge in [-0.25, -0.2) is 4.79 Å². The smallest absolute Gasteiger partial charge is 0.331 e. The molecule has 4 rings (SSSR count). The summed E-state index contributed by atoms with van der Waals surface area (Å²) in [5, 5.41) is 10.1. The lowest BCUT2D eigenvalue weighted by Crippen LogP contribution is -2.36. The molecular weight excluding hydrogens is 288 g/mol. The normalized spacial score (nSPS) is 15.0. The summed E-state index contributed by atoms with van der Waals surface area (Å²) in [4.78, 5) is 13.0. The number of phenols is 1. The first-order chi connectivity index (χ1) is 11.2. The van der Waals surface area contributed by atoms with E-state index in [1.54, 1.807) is 6.07 Å². The lowest BCUT2D eigenvalue weighted by Gasteiger charge is -2.27. The number of carbonyl (C=O) groups is 1. The van der Waals surface area contributed by atoms with Crippen molar-refractivity contribution in [2.24, 2.45) is 0 Å². The zero-order valence-corrected chi connectivity index (χ0v) is 12.3. The first kappa shape index (κ1) is 13.6. The van der Waals surface area contributed by atoms with Crippen molar-refractivity contribution in [1.29, 1.82) is 0 Å². The molecule has 0 aromatic heterocycles. The molecule has 3 aromatic rings. The van der Waals surface area contributed by atoms with Crippen LogP contribution in [0.3, 0.4) is 0 Å². The quantitative estimate of drug-likeness (QED) is 0.580. The minimum Gasteiger partial charge on any atom is -0.504 e. The van der Waals surface area contributed by atoms with Crippen molar-refractivity contribution in [2.45, 2.75) is 5.41 Å². The van der Waals surface area contributed by atoms with Gasteiger partial charge < -0.3 is 9.84 Å². The van der Waals surface area contributed by atoms with Gasteiger partial charge in [0.05, 0.1) is 0 Å². The van der Waals surface area contributed by atoms with Gasteiger partial charge in [0.15, 0.2) is 11.5 Å². The number of ether oxygens (including phenoxy) is 1. The Hall–Kier alpha value is -3.07. The predicted molar refractivity (Wildman–Crippen MR) is 86.5 cm³/mol. The van der Waals surface area contributed by atoms with Gasteiger partial charge >= 0.3 is 5.97 Å². The number of phenolic OH excluding ortho intramolecular Hbond substituents is 1. The minimum atomic E-state index is -1.06. The summed E-state index contributed by atoms with van der Waals surface area (Å²) in [6.45, 7) is 0. The molecule has 112 valence electrons. The SMILES string of the molecule is O=C1Oc2c(O)cccc2C1(c1ccccc1)c1ccccc1. The number of rotatable bonds is 2. The number of hydrogen-bond donors (Lipinski definition) is 1. The number of aromatic hydroxyl groups is 1. The lowest BCUT2D eigenvalue weighted by molar-refractivity contribution is -0.135. The summed E-state index contributed by atoms with van der Waals surface area (Å²) in [7, 11) is 0. The molecule has 1 aliphatic rings. The Labute approximate surface area is 133 Å². The van der Waals surface area contributed by atoms with E-state index in [2.05, 4.69) is 0 Å². The number of benzene rings is 3. The highest BCUT2D eigenvalue weighted by atomic mass is 16.5. The number of fused-ring (bicyclic) bond motifs is 1. The van der Waals surface area contributed by atoms with Crippen LogP contribution in [0.2, 0.25) is 0 Å². The maximum Gasteiger partial charge on any atom is 0.331 e. The summed E-state index contributed by atoms with van der Waals surface area (Å²) in [5.74, 6) is -0.179. The molecule has 1 heterocycles. The second-order valence-corrected chi connectivity index (χ2v) is 5.53. The van der Waals surface area contributed by atoms with Crippen molar-refractivity contribution in [3.63, 3.8) is 0 Å². The Morgan fingerprint density at radius 2 is 1.30 bits per heavy atom. The van der Waals surface area contributed by atoms with Crippen LogP contribution in [0.5, 0.6) is 11.5 Å². The number of para-hydroxylation sites is 1. The largest absolute Gasteiger partial charge is 0.504 e. The van der Waals surface area contributed by atoms with E-state index in [4.69, 9.17) is 4.74 Å². The van der Waals surface area contributed by atoms with E-state index >= 15 is 0 Å². The highest BCUT2D eigenvalue weighted by Gasteiger charge is 2.52. The Morgan fingerprint density at radius 1 is 0.739 bits per heavy atom. The van der Waals surface area contributed by atoms with Crippen molar-refractivity contribution < 1.29 is 14.6 Å². The van der Waals surface area contributed by atoms with Crippen LogP contribution in [-0.2, 0) is 10.2 Å². The Balaban J connectivity index is 2.11. The molecule has 3 nitrogen and oxygen atoms in total. The van der Waals surface area contributed by atoms with Gasteiger partial charge in [-0.15, -0.1) is 0 Å². The summed E-state index contributed by atoms with van der Waals surface area (Å²) in [6, 6.07) is 24.1. The molecule has 0 fully saturated rings. The van der Waals surface area contributed by atoms with Crippen LogP contribution in [0.1, 0.15) is 16.7 Å². The first-order valence-corrected chi connectivity index (χ1v) is 7.40. The van der Waals surface area contributed by atoms with E-state index < -0.39 is 11.4 Å². The summed E-state index contributed by atoms with van der Waals surface area (Å²) >= 11 is 0. The fourth-order valence-electron chi connectivity index (χ4n) is 3.30. The van der Waals surface area contributed by atoms with Crippen LogP contribution in [0, 0.1) is 0 Å². The lowest BCUT2D eigenvalue weighted by atomic mass is 9.70. The molecule has 3 aromatic carbocycles. The molecule has 23 heavy (non-hydrogen) atoms. The van der Waals surface area contributed by atoms with Gasteiger partial charge in [0.1, 0.15) is 5.41 Å². The minimum absolute atomic E-state index is 0.0235. The fourth-order valence-corrected chi connectivity index (χ4v) is 3.30. The van der Waals surface area contributed by atoms with Crippen molar-refractivity contribution in [2.75, 3.05) is 0 Å². The van der Waals surface area contributed by atoms with Crippen molar-refractivity contribution in [1.82, 2.24) is 0 Å². The summed E-state index contributed by atoms with van der Waals surface area (Å²) in [6.07, 6.45) is 0. The van der Waals surface area contributed by atoms with Crippen molar-refractivity contribution in [3.8, 4) is 11.5 Å². The number of esters is 1. The average molecular weight is 302 g/mol. The number of hydrogen-bond acceptors (Lipinski definition) is 3. The van der Waals surface area contributed by atoms with Crippen LogP contribution in [0.4, 0.5) is 0 Å². The third kappa shape index (κ3) is 1.80. The molecule has 0 unspecified atom stereocenters. The standard InChI is InChI=1S/C20H14O3/c21-17-13-7-12-16-18(17)23-19(22)20(16,14-8-3-1-4-9-14)15-10-5-2-6-11-15/h1-13,21H. The Morgan fingerprint density at radius 3 is 1.87 bits per heavy atom. The predicted octanol–water partition coefficient (Wildman–Crippen LogP) is 3.65. The van der Waals surface area contributed by atoms with Crippen molar-refractivity contribution in [3.05, 3.63) is 95.6 Å². The van der Waals surface area contributed by atoms with Crippen LogP contribution in [-0.4, -0.2) is 11.1 Å². The Bertz CT molecular complexity index is 830. The van der Waals surface area contributed by atoms with E-state index in [0.717, 1.165) is 11.1 Å². The van der Waals surface area contributed by atoms with E-state index in [-0.39, 0.29) is 11.5 Å². The van der Waals surface area contributed by atoms with Crippen LogP contribution >= 0.6 is 0 Å².